The Kier molecular flexibility index (Phi) is 5.65. The third kappa shape index (κ3) is 4.37. The van der Waals surface area contributed by atoms with Crippen molar-refractivity contribution in [2.75, 3.05) is 38.6 Å². The molecule has 1 aromatic carbocycles. The van der Waals surface area contributed by atoms with Gasteiger partial charge in [-0.3, -0.25) is 4.79 Å². The quantitative estimate of drug-likeness (QED) is 0.825. The Balaban J connectivity index is 2.80. The molecule has 0 radical (unpaired) electrons. The van der Waals surface area contributed by atoms with Crippen molar-refractivity contribution in [3.63, 3.8) is 0 Å². The van der Waals surface area contributed by atoms with E-state index in [9.17, 15) is 4.79 Å². The van der Waals surface area contributed by atoms with Crippen molar-refractivity contribution < 1.29 is 4.79 Å². The van der Waals surface area contributed by atoms with Crippen molar-refractivity contribution in [2.24, 2.45) is 5.73 Å². The zero-order chi connectivity index (χ0) is 13.5. The lowest BCUT2D eigenvalue weighted by atomic mass is 10.2. The van der Waals surface area contributed by atoms with Gasteiger partial charge in [-0.25, -0.2) is 0 Å². The zero-order valence-corrected chi connectivity index (χ0v) is 11.5. The van der Waals surface area contributed by atoms with Gasteiger partial charge >= 0.3 is 0 Å². The Morgan fingerprint density at radius 2 is 2.06 bits per heavy atom. The number of likely N-dealkylation sites (N-methyl/N-ethyl adjacent to an activating group) is 1. The number of carbonyl (C=O) groups excluding carboxylic acids is 1. The van der Waals surface area contributed by atoms with Gasteiger partial charge in [-0.2, -0.15) is 0 Å². The highest BCUT2D eigenvalue weighted by molar-refractivity contribution is 5.81. The molecule has 1 aromatic rings. The molecule has 0 heterocycles. The molecule has 0 aromatic heterocycles. The molecule has 0 atom stereocenters. The van der Waals surface area contributed by atoms with E-state index in [1.54, 1.807) is 19.0 Å². The number of benzene rings is 1. The smallest absolute Gasteiger partial charge is 0.241 e. The van der Waals surface area contributed by atoms with E-state index < -0.39 is 0 Å². The standard InChI is InChI=1S/C14H23N3O/c1-12-6-4-7-13(10-12)17(9-5-8-15)11-14(18)16(2)3/h4,6-7,10H,5,8-9,11,15H2,1-3H3. The van der Waals surface area contributed by atoms with Crippen LogP contribution in [0.15, 0.2) is 24.3 Å². The summed E-state index contributed by atoms with van der Waals surface area (Å²) in [5, 5.41) is 0. The van der Waals surface area contributed by atoms with Gasteiger partial charge in [-0.05, 0) is 37.6 Å². The molecule has 0 saturated heterocycles. The fourth-order valence-electron chi connectivity index (χ4n) is 1.71. The van der Waals surface area contributed by atoms with Crippen molar-refractivity contribution in [1.82, 2.24) is 4.90 Å². The van der Waals surface area contributed by atoms with E-state index >= 15 is 0 Å². The summed E-state index contributed by atoms with van der Waals surface area (Å²) in [5.41, 5.74) is 7.83. The average Bonchev–Trinajstić information content (AvgIpc) is 2.34. The molecule has 18 heavy (non-hydrogen) atoms. The topological polar surface area (TPSA) is 49.6 Å². The van der Waals surface area contributed by atoms with Crippen LogP contribution in [0.1, 0.15) is 12.0 Å². The molecule has 0 fully saturated rings. The first-order chi connectivity index (χ1) is 8.54. The van der Waals surface area contributed by atoms with Gasteiger partial charge < -0.3 is 15.5 Å². The second-order valence-electron chi connectivity index (χ2n) is 4.69. The lowest BCUT2D eigenvalue weighted by Crippen LogP contribution is -2.37. The molecular formula is C14H23N3O. The van der Waals surface area contributed by atoms with Gasteiger partial charge in [0.15, 0.2) is 0 Å². The third-order valence-corrected chi connectivity index (χ3v) is 2.82. The maximum Gasteiger partial charge on any atom is 0.241 e. The van der Waals surface area contributed by atoms with Gasteiger partial charge in [-0.15, -0.1) is 0 Å². The molecule has 100 valence electrons. The molecule has 0 saturated carbocycles. The molecule has 0 aliphatic heterocycles. The zero-order valence-electron chi connectivity index (χ0n) is 11.5. The molecule has 1 rings (SSSR count). The minimum Gasteiger partial charge on any atom is -0.362 e. The van der Waals surface area contributed by atoms with Gasteiger partial charge in [0.25, 0.3) is 0 Å². The first-order valence-corrected chi connectivity index (χ1v) is 6.26. The van der Waals surface area contributed by atoms with Crippen LogP contribution >= 0.6 is 0 Å². The molecule has 4 nitrogen and oxygen atoms in total. The number of rotatable bonds is 6. The summed E-state index contributed by atoms with van der Waals surface area (Å²) >= 11 is 0. The summed E-state index contributed by atoms with van der Waals surface area (Å²) in [4.78, 5) is 15.5. The van der Waals surface area contributed by atoms with E-state index in [0.29, 0.717) is 13.1 Å². The number of aryl methyl sites for hydroxylation is 1. The highest BCUT2D eigenvalue weighted by Crippen LogP contribution is 2.16. The molecule has 4 heteroatoms. The maximum atomic E-state index is 11.8. The number of anilines is 1. The Bertz CT molecular complexity index is 390. The Morgan fingerprint density at radius 1 is 1.33 bits per heavy atom. The van der Waals surface area contributed by atoms with Crippen molar-refractivity contribution in [3.05, 3.63) is 29.8 Å². The second kappa shape index (κ2) is 7.01. The number of hydrogen-bond donors (Lipinski definition) is 1. The molecule has 0 aliphatic rings. The van der Waals surface area contributed by atoms with Crippen molar-refractivity contribution in [3.8, 4) is 0 Å². The fourth-order valence-corrected chi connectivity index (χ4v) is 1.71. The van der Waals surface area contributed by atoms with E-state index in [1.807, 2.05) is 12.1 Å². The number of carbonyl (C=O) groups is 1. The van der Waals surface area contributed by atoms with E-state index in [2.05, 4.69) is 24.0 Å². The summed E-state index contributed by atoms with van der Waals surface area (Å²) in [7, 11) is 3.55. The molecule has 0 unspecified atom stereocenters. The summed E-state index contributed by atoms with van der Waals surface area (Å²) in [5.74, 6) is 0.105. The van der Waals surface area contributed by atoms with E-state index in [1.165, 1.54) is 5.56 Å². The van der Waals surface area contributed by atoms with E-state index in [0.717, 1.165) is 18.7 Å². The van der Waals surface area contributed by atoms with Crippen molar-refractivity contribution in [1.29, 1.82) is 0 Å². The minimum atomic E-state index is 0.105. The molecule has 0 aliphatic carbocycles. The third-order valence-electron chi connectivity index (χ3n) is 2.82. The maximum absolute atomic E-state index is 11.8. The lowest BCUT2D eigenvalue weighted by molar-refractivity contribution is -0.127. The lowest BCUT2D eigenvalue weighted by Gasteiger charge is -2.26. The number of nitrogens with zero attached hydrogens (tertiary/aromatic N) is 2. The van der Waals surface area contributed by atoms with Crippen LogP contribution in [0.4, 0.5) is 5.69 Å². The van der Waals surface area contributed by atoms with Crippen LogP contribution in [0.25, 0.3) is 0 Å². The minimum absolute atomic E-state index is 0.105. The number of hydrogen-bond acceptors (Lipinski definition) is 3. The fraction of sp³-hybridized carbons (Fsp3) is 0.500. The van der Waals surface area contributed by atoms with E-state index in [4.69, 9.17) is 5.73 Å². The van der Waals surface area contributed by atoms with Gasteiger partial charge in [-0.1, -0.05) is 12.1 Å². The molecule has 1 amide bonds. The summed E-state index contributed by atoms with van der Waals surface area (Å²) < 4.78 is 0. The molecule has 0 spiro atoms. The summed E-state index contributed by atoms with van der Waals surface area (Å²) in [6.07, 6.45) is 0.884. The Labute approximate surface area is 109 Å². The van der Waals surface area contributed by atoms with Crippen LogP contribution < -0.4 is 10.6 Å². The number of nitrogens with two attached hydrogens (primary N) is 1. The second-order valence-corrected chi connectivity index (χ2v) is 4.69. The van der Waals surface area contributed by atoms with Crippen LogP contribution in [0.2, 0.25) is 0 Å². The Morgan fingerprint density at radius 3 is 2.61 bits per heavy atom. The van der Waals surface area contributed by atoms with Crippen LogP contribution in [-0.2, 0) is 4.79 Å². The van der Waals surface area contributed by atoms with Crippen LogP contribution in [0.5, 0.6) is 0 Å². The predicted octanol–water partition coefficient (Wildman–Crippen LogP) is 1.24. The largest absolute Gasteiger partial charge is 0.362 e. The average molecular weight is 249 g/mol. The van der Waals surface area contributed by atoms with Crippen molar-refractivity contribution in [2.45, 2.75) is 13.3 Å². The molecule has 2 N–H and O–H groups in total. The monoisotopic (exact) mass is 249 g/mol. The molecule has 0 bridgehead atoms. The Hall–Kier alpha value is -1.55. The summed E-state index contributed by atoms with van der Waals surface area (Å²) in [6.45, 7) is 3.90. The SMILES string of the molecule is Cc1cccc(N(CCCN)CC(=O)N(C)C)c1. The van der Waals surface area contributed by atoms with E-state index in [-0.39, 0.29) is 5.91 Å². The van der Waals surface area contributed by atoms with Gasteiger partial charge in [0, 0.05) is 26.3 Å². The first kappa shape index (κ1) is 14.5. The van der Waals surface area contributed by atoms with Gasteiger partial charge in [0.05, 0.1) is 6.54 Å². The normalized spacial score (nSPS) is 10.2. The van der Waals surface area contributed by atoms with Crippen LogP contribution in [0, 0.1) is 6.92 Å². The number of amides is 1. The highest BCUT2D eigenvalue weighted by Gasteiger charge is 2.12. The van der Waals surface area contributed by atoms with Crippen molar-refractivity contribution >= 4 is 11.6 Å². The van der Waals surface area contributed by atoms with Gasteiger partial charge in [0.2, 0.25) is 5.91 Å². The van der Waals surface area contributed by atoms with Gasteiger partial charge in [0.1, 0.15) is 0 Å². The highest BCUT2D eigenvalue weighted by atomic mass is 16.2. The first-order valence-electron chi connectivity index (χ1n) is 6.26. The van der Waals surface area contributed by atoms with Crippen LogP contribution in [-0.4, -0.2) is 44.5 Å². The summed E-state index contributed by atoms with van der Waals surface area (Å²) in [6, 6.07) is 8.20. The van der Waals surface area contributed by atoms with Crippen LogP contribution in [0.3, 0.4) is 0 Å². The molecular weight excluding hydrogens is 226 g/mol. The predicted molar refractivity (Wildman–Crippen MR) is 75.8 cm³/mol.